The predicted octanol–water partition coefficient (Wildman–Crippen LogP) is 3.77. The van der Waals surface area contributed by atoms with Gasteiger partial charge in [-0.05, 0) is 42.7 Å². The molecule has 0 saturated heterocycles. The highest BCUT2D eigenvalue weighted by Gasteiger charge is 2.28. The monoisotopic (exact) mass is 327 g/mol. The van der Waals surface area contributed by atoms with Crippen molar-refractivity contribution in [1.29, 1.82) is 0 Å². The molecule has 2 atom stereocenters. The molecule has 1 fully saturated rings. The molecule has 1 aliphatic rings. The van der Waals surface area contributed by atoms with Crippen LogP contribution < -0.4 is 0 Å². The number of halogens is 2. The van der Waals surface area contributed by atoms with E-state index >= 15 is 0 Å². The van der Waals surface area contributed by atoms with Crippen molar-refractivity contribution in [3.63, 3.8) is 0 Å². The first-order valence-corrected chi connectivity index (χ1v) is 7.82. The van der Waals surface area contributed by atoms with Crippen molar-refractivity contribution in [2.75, 3.05) is 7.05 Å². The lowest BCUT2D eigenvalue weighted by Gasteiger charge is -2.34. The van der Waals surface area contributed by atoms with Gasteiger partial charge in [0.1, 0.15) is 0 Å². The van der Waals surface area contributed by atoms with E-state index in [-0.39, 0.29) is 11.9 Å². The molecule has 1 saturated carbocycles. The molecule has 0 spiro atoms. The average Bonchev–Trinajstić information content (AvgIpc) is 2.43. The number of carbonyl (C=O) groups is 1. The van der Waals surface area contributed by atoms with Gasteiger partial charge in [0.2, 0.25) is 5.91 Å². The molecule has 0 aromatic heterocycles. The molecule has 0 radical (unpaired) electrons. The fourth-order valence-corrected chi connectivity index (χ4v) is 3.21. The van der Waals surface area contributed by atoms with Gasteiger partial charge >= 0.3 is 0 Å². The van der Waals surface area contributed by atoms with Crippen LogP contribution in [0, 0.1) is 0 Å². The molecular formula is C16H19Cl2NO2. The van der Waals surface area contributed by atoms with E-state index in [0.717, 1.165) is 31.2 Å². The van der Waals surface area contributed by atoms with Crippen LogP contribution in [0.4, 0.5) is 0 Å². The number of nitrogens with zero attached hydrogens (tertiary/aromatic N) is 1. The Kier molecular flexibility index (Phi) is 5.68. The number of hydrogen-bond donors (Lipinski definition) is 1. The minimum absolute atomic E-state index is 0.0983. The van der Waals surface area contributed by atoms with Crippen molar-refractivity contribution in [2.45, 2.75) is 37.8 Å². The van der Waals surface area contributed by atoms with Crippen molar-refractivity contribution in [2.24, 2.45) is 0 Å². The summed E-state index contributed by atoms with van der Waals surface area (Å²) in [6.45, 7) is 0. The molecule has 0 bridgehead atoms. The van der Waals surface area contributed by atoms with Gasteiger partial charge < -0.3 is 10.0 Å². The quantitative estimate of drug-likeness (QED) is 0.858. The Balaban J connectivity index is 2.04. The second-order valence-corrected chi connectivity index (χ2v) is 6.28. The Morgan fingerprint density at radius 3 is 2.48 bits per heavy atom. The lowest BCUT2D eigenvalue weighted by atomic mass is 9.91. The number of carbonyl (C=O) groups excluding carboxylic acids is 1. The van der Waals surface area contributed by atoms with Gasteiger partial charge in [0.25, 0.3) is 0 Å². The van der Waals surface area contributed by atoms with Gasteiger partial charge in [-0.1, -0.05) is 36.0 Å². The molecule has 0 aliphatic heterocycles. The SMILES string of the molecule is CN(C(=O)/C=C/c1cc(Cl)cc(Cl)c1)C1CCCCC1O. The molecule has 0 heterocycles. The number of rotatable bonds is 3. The van der Waals surface area contributed by atoms with Gasteiger partial charge in [-0.2, -0.15) is 0 Å². The molecule has 1 aromatic carbocycles. The Morgan fingerprint density at radius 1 is 1.24 bits per heavy atom. The maximum Gasteiger partial charge on any atom is 0.246 e. The van der Waals surface area contributed by atoms with E-state index < -0.39 is 6.10 Å². The van der Waals surface area contributed by atoms with E-state index in [4.69, 9.17) is 23.2 Å². The summed E-state index contributed by atoms with van der Waals surface area (Å²) in [5.41, 5.74) is 0.776. The minimum atomic E-state index is -0.429. The van der Waals surface area contributed by atoms with Crippen LogP contribution in [0.25, 0.3) is 6.08 Å². The molecule has 3 nitrogen and oxygen atoms in total. The van der Waals surface area contributed by atoms with Crippen LogP contribution in [0.3, 0.4) is 0 Å². The molecular weight excluding hydrogens is 309 g/mol. The number of aliphatic hydroxyl groups is 1. The van der Waals surface area contributed by atoms with Crippen LogP contribution in [0.15, 0.2) is 24.3 Å². The normalized spacial score (nSPS) is 22.5. The molecule has 1 amide bonds. The summed E-state index contributed by atoms with van der Waals surface area (Å²) in [5.74, 6) is -0.128. The Morgan fingerprint density at radius 2 is 1.86 bits per heavy atom. The van der Waals surface area contributed by atoms with Gasteiger partial charge in [-0.3, -0.25) is 4.79 Å². The van der Waals surface area contributed by atoms with E-state index in [1.807, 2.05) is 0 Å². The van der Waals surface area contributed by atoms with E-state index in [0.29, 0.717) is 10.0 Å². The number of hydrogen-bond acceptors (Lipinski definition) is 2. The van der Waals surface area contributed by atoms with Crippen LogP contribution in [0.1, 0.15) is 31.2 Å². The maximum atomic E-state index is 12.2. The van der Waals surface area contributed by atoms with Gasteiger partial charge in [-0.25, -0.2) is 0 Å². The zero-order chi connectivity index (χ0) is 15.4. The van der Waals surface area contributed by atoms with Crippen molar-refractivity contribution >= 4 is 35.2 Å². The molecule has 1 aromatic rings. The van der Waals surface area contributed by atoms with E-state index in [1.54, 1.807) is 36.2 Å². The van der Waals surface area contributed by atoms with E-state index in [9.17, 15) is 9.90 Å². The van der Waals surface area contributed by atoms with Crippen LogP contribution in [-0.4, -0.2) is 35.1 Å². The molecule has 114 valence electrons. The van der Waals surface area contributed by atoms with Crippen molar-refractivity contribution in [1.82, 2.24) is 4.90 Å². The van der Waals surface area contributed by atoms with Crippen LogP contribution >= 0.6 is 23.2 Å². The molecule has 1 aliphatic carbocycles. The van der Waals surface area contributed by atoms with Crippen molar-refractivity contribution in [3.8, 4) is 0 Å². The smallest absolute Gasteiger partial charge is 0.246 e. The molecule has 5 heteroatoms. The number of likely N-dealkylation sites (N-methyl/N-ethyl adjacent to an activating group) is 1. The highest BCUT2D eigenvalue weighted by atomic mass is 35.5. The Labute approximate surface area is 135 Å². The zero-order valence-corrected chi connectivity index (χ0v) is 13.4. The van der Waals surface area contributed by atoms with E-state index in [2.05, 4.69) is 0 Å². The topological polar surface area (TPSA) is 40.5 Å². The first-order valence-electron chi connectivity index (χ1n) is 7.06. The lowest BCUT2D eigenvalue weighted by Crippen LogP contribution is -2.45. The first kappa shape index (κ1) is 16.3. The van der Waals surface area contributed by atoms with Crippen molar-refractivity contribution in [3.05, 3.63) is 39.9 Å². The third-order valence-corrected chi connectivity index (χ3v) is 4.28. The Bertz CT molecular complexity index is 525. The van der Waals surface area contributed by atoms with Gasteiger partial charge in [0.15, 0.2) is 0 Å². The number of aliphatic hydroxyl groups excluding tert-OH is 1. The summed E-state index contributed by atoms with van der Waals surface area (Å²) >= 11 is 11.8. The maximum absolute atomic E-state index is 12.2. The Hall–Kier alpha value is -1.03. The molecule has 1 N–H and O–H groups in total. The molecule has 2 unspecified atom stereocenters. The van der Waals surface area contributed by atoms with Gasteiger partial charge in [0.05, 0.1) is 12.1 Å². The van der Waals surface area contributed by atoms with Gasteiger partial charge in [0, 0.05) is 23.2 Å². The third kappa shape index (κ3) is 4.47. The largest absolute Gasteiger partial charge is 0.391 e. The predicted molar refractivity (Wildman–Crippen MR) is 86.5 cm³/mol. The summed E-state index contributed by atoms with van der Waals surface area (Å²) < 4.78 is 0. The summed E-state index contributed by atoms with van der Waals surface area (Å²) in [6.07, 6.45) is 6.43. The van der Waals surface area contributed by atoms with Crippen LogP contribution in [-0.2, 0) is 4.79 Å². The standard InChI is InChI=1S/C16H19Cl2NO2/c1-19(14-4-2-3-5-15(14)20)16(21)7-6-11-8-12(17)10-13(18)9-11/h6-10,14-15,20H,2-5H2,1H3/b7-6+. The summed E-state index contributed by atoms with van der Waals surface area (Å²) in [6, 6.07) is 5.03. The zero-order valence-electron chi connectivity index (χ0n) is 11.9. The molecule has 21 heavy (non-hydrogen) atoms. The fourth-order valence-electron chi connectivity index (χ4n) is 2.66. The summed E-state index contributed by atoms with van der Waals surface area (Å²) in [7, 11) is 1.73. The summed E-state index contributed by atoms with van der Waals surface area (Å²) in [5, 5.41) is 11.1. The summed E-state index contributed by atoms with van der Waals surface area (Å²) in [4.78, 5) is 13.8. The van der Waals surface area contributed by atoms with E-state index in [1.165, 1.54) is 6.08 Å². The minimum Gasteiger partial charge on any atom is -0.391 e. The second kappa shape index (κ2) is 7.30. The first-order chi connectivity index (χ1) is 9.97. The van der Waals surface area contributed by atoms with Crippen LogP contribution in [0.5, 0.6) is 0 Å². The highest BCUT2D eigenvalue weighted by molar-refractivity contribution is 6.34. The number of amides is 1. The highest BCUT2D eigenvalue weighted by Crippen LogP contribution is 2.23. The van der Waals surface area contributed by atoms with Gasteiger partial charge in [-0.15, -0.1) is 0 Å². The lowest BCUT2D eigenvalue weighted by molar-refractivity contribution is -0.130. The average molecular weight is 328 g/mol. The second-order valence-electron chi connectivity index (χ2n) is 5.40. The fraction of sp³-hybridized carbons (Fsp3) is 0.438. The molecule has 2 rings (SSSR count). The number of benzene rings is 1. The van der Waals surface area contributed by atoms with Crippen LogP contribution in [0.2, 0.25) is 10.0 Å². The van der Waals surface area contributed by atoms with Crippen molar-refractivity contribution < 1.29 is 9.90 Å². The third-order valence-electron chi connectivity index (χ3n) is 3.84.